The van der Waals surface area contributed by atoms with Gasteiger partial charge in [-0.3, -0.25) is 0 Å². The molecule has 0 radical (unpaired) electrons. The van der Waals surface area contributed by atoms with Crippen molar-refractivity contribution in [2.24, 2.45) is 0 Å². The number of para-hydroxylation sites is 2. The molecule has 5 nitrogen and oxygen atoms in total. The Morgan fingerprint density at radius 1 is 0.800 bits per heavy atom. The molecule has 6 rings (SSSR count). The maximum Gasteiger partial charge on any atom is 0.213 e. The second-order valence-electron chi connectivity index (χ2n) is 10.2. The van der Waals surface area contributed by atoms with Crippen LogP contribution >= 0.6 is 0 Å². The molecule has 0 atom stereocenters. The van der Waals surface area contributed by atoms with Crippen molar-refractivity contribution in [3.63, 3.8) is 0 Å². The molecule has 1 aliphatic heterocycles. The average Bonchev–Trinajstić information content (AvgIpc) is 2.98. The van der Waals surface area contributed by atoms with Gasteiger partial charge in [-0.1, -0.05) is 60.7 Å². The molecule has 0 amide bonds. The van der Waals surface area contributed by atoms with E-state index < -0.39 is 10.1 Å². The number of allylic oxidation sites excluding steroid dienone is 1. The van der Waals surface area contributed by atoms with Crippen molar-refractivity contribution in [2.75, 3.05) is 18.0 Å². The van der Waals surface area contributed by atoms with E-state index in [0.29, 0.717) is 0 Å². The third kappa shape index (κ3) is 5.93. The summed E-state index contributed by atoms with van der Waals surface area (Å²) in [5.74, 6) is 0. The second-order valence-corrected chi connectivity index (χ2v) is 11.5. The van der Waals surface area contributed by atoms with Crippen molar-refractivity contribution < 1.29 is 17.5 Å². The number of nitrogens with zero attached hydrogens (tertiary/aromatic N) is 2. The Bertz CT molecular complexity index is 1680. The summed E-state index contributed by atoms with van der Waals surface area (Å²) >= 11 is 0. The van der Waals surface area contributed by atoms with Crippen molar-refractivity contribution in [2.45, 2.75) is 37.6 Å². The highest BCUT2D eigenvalue weighted by Crippen LogP contribution is 2.35. The Hall–Kier alpha value is -4.00. The number of fused-ring (bicyclic) bond motifs is 2. The van der Waals surface area contributed by atoms with Gasteiger partial charge in [-0.2, -0.15) is 4.57 Å². The van der Waals surface area contributed by atoms with E-state index in [-0.39, 0.29) is 4.90 Å². The van der Waals surface area contributed by atoms with Crippen molar-refractivity contribution in [3.8, 4) is 11.1 Å². The minimum absolute atomic E-state index is 0.178. The molecular formula is C34H34N2O3S. The zero-order chi connectivity index (χ0) is 28.1. The molecule has 0 aliphatic carbocycles. The van der Waals surface area contributed by atoms with Crippen LogP contribution in [0.4, 0.5) is 5.69 Å². The van der Waals surface area contributed by atoms with Gasteiger partial charge in [-0.05, 0) is 74.2 Å². The lowest BCUT2D eigenvalue weighted by molar-refractivity contribution is -0.634. The van der Waals surface area contributed by atoms with Crippen LogP contribution < -0.4 is 9.47 Å². The van der Waals surface area contributed by atoms with Gasteiger partial charge in [0, 0.05) is 36.5 Å². The van der Waals surface area contributed by atoms with Crippen molar-refractivity contribution in [1.82, 2.24) is 0 Å². The first-order chi connectivity index (χ1) is 19.4. The topological polar surface area (TPSA) is 64.3 Å². The van der Waals surface area contributed by atoms with Gasteiger partial charge in [0.15, 0.2) is 6.54 Å². The fraction of sp³-hybridized carbons (Fsp3) is 0.206. The van der Waals surface area contributed by atoms with Crippen LogP contribution in [0.2, 0.25) is 0 Å². The molecule has 6 heteroatoms. The number of rotatable bonds is 5. The molecule has 1 aromatic heterocycles. The summed E-state index contributed by atoms with van der Waals surface area (Å²) in [5, 5.41) is 2.58. The molecule has 1 fully saturated rings. The predicted molar refractivity (Wildman–Crippen MR) is 162 cm³/mol. The summed E-state index contributed by atoms with van der Waals surface area (Å²) in [6, 6.07) is 32.4. The van der Waals surface area contributed by atoms with E-state index in [1.807, 2.05) is 13.0 Å². The summed E-state index contributed by atoms with van der Waals surface area (Å²) in [4.78, 5) is 2.34. The number of hydrogen-bond donors (Lipinski definition) is 0. The van der Waals surface area contributed by atoms with Crippen LogP contribution in [-0.2, 0) is 16.7 Å². The lowest BCUT2D eigenvalue weighted by Gasteiger charge is -2.29. The quantitative estimate of drug-likeness (QED) is 0.102. The Morgan fingerprint density at radius 2 is 1.35 bits per heavy atom. The Labute approximate surface area is 236 Å². The number of benzene rings is 4. The molecule has 0 spiro atoms. The van der Waals surface area contributed by atoms with E-state index in [1.54, 1.807) is 12.1 Å². The van der Waals surface area contributed by atoms with Crippen LogP contribution in [0.25, 0.3) is 32.9 Å². The maximum absolute atomic E-state index is 10.4. The summed E-state index contributed by atoms with van der Waals surface area (Å²) in [6.07, 6.45) is 5.95. The Morgan fingerprint density at radius 3 is 1.88 bits per heavy atom. The van der Waals surface area contributed by atoms with Crippen LogP contribution in [0.15, 0.2) is 115 Å². The number of pyridine rings is 1. The lowest BCUT2D eigenvalue weighted by Crippen LogP contribution is -2.34. The minimum atomic E-state index is -4.27. The molecule has 1 aliphatic rings. The van der Waals surface area contributed by atoms with E-state index in [1.165, 1.54) is 83.1 Å². The normalized spacial score (nSPS) is 13.6. The molecular weight excluding hydrogens is 516 g/mol. The Kier molecular flexibility index (Phi) is 8.29. The number of aromatic nitrogens is 1. The van der Waals surface area contributed by atoms with Gasteiger partial charge in [0.1, 0.15) is 10.1 Å². The van der Waals surface area contributed by atoms with Crippen LogP contribution in [-0.4, -0.2) is 26.1 Å². The monoisotopic (exact) mass is 550 g/mol. The number of piperidine rings is 1. The molecule has 204 valence electrons. The summed E-state index contributed by atoms with van der Waals surface area (Å²) in [6.45, 7) is 8.96. The molecule has 0 unspecified atom stereocenters. The SMILES string of the molecule is C=CC[n+]1c2ccccc2c(-c2ccc(N3CCCCC3)cc2)c2ccccc21.Cc1ccc(S(=O)(=O)[O-])cc1. The number of aryl methyl sites for hydroxylation is 1. The molecule has 0 N–H and O–H groups in total. The zero-order valence-corrected chi connectivity index (χ0v) is 23.6. The zero-order valence-electron chi connectivity index (χ0n) is 22.8. The third-order valence-electron chi connectivity index (χ3n) is 7.43. The molecule has 1 saturated heterocycles. The van der Waals surface area contributed by atoms with Gasteiger partial charge < -0.3 is 9.45 Å². The van der Waals surface area contributed by atoms with Gasteiger partial charge in [-0.15, -0.1) is 0 Å². The first kappa shape index (κ1) is 27.6. The van der Waals surface area contributed by atoms with Gasteiger partial charge in [0.25, 0.3) is 0 Å². The number of anilines is 1. The largest absolute Gasteiger partial charge is 0.744 e. The van der Waals surface area contributed by atoms with E-state index in [2.05, 4.69) is 88.8 Å². The van der Waals surface area contributed by atoms with Crippen LogP contribution in [0.1, 0.15) is 24.8 Å². The summed E-state index contributed by atoms with van der Waals surface area (Å²) in [5.41, 5.74) is 7.38. The maximum atomic E-state index is 10.4. The minimum Gasteiger partial charge on any atom is -0.744 e. The van der Waals surface area contributed by atoms with E-state index >= 15 is 0 Å². The predicted octanol–water partition coefficient (Wildman–Crippen LogP) is 7.02. The highest BCUT2D eigenvalue weighted by Gasteiger charge is 2.20. The van der Waals surface area contributed by atoms with Gasteiger partial charge in [-0.25, -0.2) is 8.42 Å². The van der Waals surface area contributed by atoms with Crippen LogP contribution in [0.3, 0.4) is 0 Å². The first-order valence-electron chi connectivity index (χ1n) is 13.7. The highest BCUT2D eigenvalue weighted by molar-refractivity contribution is 7.85. The van der Waals surface area contributed by atoms with E-state index in [9.17, 15) is 13.0 Å². The molecule has 40 heavy (non-hydrogen) atoms. The molecule has 4 aromatic carbocycles. The van der Waals surface area contributed by atoms with E-state index in [4.69, 9.17) is 0 Å². The van der Waals surface area contributed by atoms with Gasteiger partial charge in [0.2, 0.25) is 11.0 Å². The van der Waals surface area contributed by atoms with Crippen LogP contribution in [0.5, 0.6) is 0 Å². The highest BCUT2D eigenvalue weighted by atomic mass is 32.2. The lowest BCUT2D eigenvalue weighted by atomic mass is 9.95. The van der Waals surface area contributed by atoms with E-state index in [0.717, 1.165) is 12.1 Å². The van der Waals surface area contributed by atoms with Gasteiger partial charge >= 0.3 is 0 Å². The standard InChI is InChI=1S/C27H27N2.C7H8O3S/c1-2-18-29-25-12-6-4-10-23(25)27(24-11-5-7-13-26(24)29)21-14-16-22(17-15-21)28-19-8-3-9-20-28;1-6-2-4-7(5-3-6)11(8,9)10/h2,4-7,10-17H,1,3,8-9,18-20H2;2-5H,1H3,(H,8,9,10)/q+1;/p-1. The molecule has 0 saturated carbocycles. The smallest absolute Gasteiger partial charge is 0.213 e. The fourth-order valence-corrected chi connectivity index (χ4v) is 5.92. The third-order valence-corrected chi connectivity index (χ3v) is 8.28. The van der Waals surface area contributed by atoms with Crippen LogP contribution in [0, 0.1) is 6.92 Å². The van der Waals surface area contributed by atoms with Gasteiger partial charge in [0.05, 0.1) is 15.7 Å². The fourth-order valence-electron chi connectivity index (χ4n) is 5.45. The summed E-state index contributed by atoms with van der Waals surface area (Å²) in [7, 11) is -4.27. The summed E-state index contributed by atoms with van der Waals surface area (Å²) < 4.78 is 33.5. The number of hydrogen-bond acceptors (Lipinski definition) is 4. The molecule has 0 bridgehead atoms. The average molecular weight is 551 g/mol. The molecule has 5 aromatic rings. The molecule has 2 heterocycles. The van der Waals surface area contributed by atoms with Crippen molar-refractivity contribution in [1.29, 1.82) is 0 Å². The van der Waals surface area contributed by atoms with Crippen molar-refractivity contribution >= 4 is 37.6 Å². The van der Waals surface area contributed by atoms with Crippen molar-refractivity contribution in [3.05, 3.63) is 115 Å². The second kappa shape index (κ2) is 12.0. The Balaban J connectivity index is 0.000000248. The first-order valence-corrected chi connectivity index (χ1v) is 15.1.